The Hall–Kier alpha value is -0.960. The van der Waals surface area contributed by atoms with E-state index in [9.17, 15) is 13.2 Å². The number of carboxylic acid groups (broad SMARTS) is 1. The average molecular weight is 304 g/mol. The minimum absolute atomic E-state index is 0.0492. The fourth-order valence-electron chi connectivity index (χ4n) is 2.09. The van der Waals surface area contributed by atoms with Gasteiger partial charge in [0.1, 0.15) is 9.77 Å². The molecule has 1 aliphatic heterocycles. The van der Waals surface area contributed by atoms with Gasteiger partial charge in [-0.3, -0.25) is 0 Å². The third-order valence-electron chi connectivity index (χ3n) is 3.01. The van der Waals surface area contributed by atoms with Crippen molar-refractivity contribution in [2.24, 2.45) is 0 Å². The van der Waals surface area contributed by atoms with E-state index < -0.39 is 16.0 Å². The van der Waals surface area contributed by atoms with Crippen LogP contribution in [0.1, 0.15) is 21.7 Å². The number of carboxylic acids is 1. The number of hydrogen-bond donors (Lipinski definition) is 2. The fraction of sp³-hybridized carbons (Fsp3) is 0.545. The molecule has 0 bridgehead atoms. The number of aryl methyl sites for hydroxylation is 1. The molecule has 2 heterocycles. The third kappa shape index (κ3) is 2.81. The van der Waals surface area contributed by atoms with Crippen LogP contribution in [-0.4, -0.2) is 50.0 Å². The topological polar surface area (TPSA) is 86.7 Å². The fourth-order valence-corrected chi connectivity index (χ4v) is 5.15. The monoisotopic (exact) mass is 304 g/mol. The van der Waals surface area contributed by atoms with Gasteiger partial charge >= 0.3 is 5.97 Å². The number of thiophene rings is 1. The predicted molar refractivity (Wildman–Crippen MR) is 72.3 cm³/mol. The van der Waals surface area contributed by atoms with Crippen molar-refractivity contribution in [3.8, 4) is 0 Å². The van der Waals surface area contributed by atoms with Gasteiger partial charge in [0.15, 0.2) is 0 Å². The molecule has 0 atom stereocenters. The van der Waals surface area contributed by atoms with Gasteiger partial charge in [0, 0.05) is 19.6 Å². The van der Waals surface area contributed by atoms with Crippen molar-refractivity contribution in [2.45, 2.75) is 18.2 Å². The van der Waals surface area contributed by atoms with E-state index in [4.69, 9.17) is 5.11 Å². The van der Waals surface area contributed by atoms with Gasteiger partial charge in [0.2, 0.25) is 10.0 Å². The Balaban J connectivity index is 2.43. The van der Waals surface area contributed by atoms with Gasteiger partial charge in [-0.1, -0.05) is 0 Å². The lowest BCUT2D eigenvalue weighted by Crippen LogP contribution is -2.35. The number of aromatic carboxylic acids is 1. The Morgan fingerprint density at radius 2 is 2.16 bits per heavy atom. The smallest absolute Gasteiger partial charge is 0.347 e. The van der Waals surface area contributed by atoms with E-state index in [0.29, 0.717) is 25.2 Å². The number of hydrogen-bond acceptors (Lipinski definition) is 5. The molecule has 0 spiro atoms. The van der Waals surface area contributed by atoms with Gasteiger partial charge in [0.25, 0.3) is 0 Å². The summed E-state index contributed by atoms with van der Waals surface area (Å²) in [5.41, 5.74) is 0.500. The minimum atomic E-state index is -3.73. The molecule has 0 saturated carbocycles. The second kappa shape index (κ2) is 5.58. The largest absolute Gasteiger partial charge is 0.477 e. The molecule has 1 aliphatic rings. The molecule has 1 fully saturated rings. The van der Waals surface area contributed by atoms with Crippen molar-refractivity contribution in [3.63, 3.8) is 0 Å². The van der Waals surface area contributed by atoms with E-state index in [-0.39, 0.29) is 9.77 Å². The molecule has 1 aromatic heterocycles. The van der Waals surface area contributed by atoms with E-state index >= 15 is 0 Å². The van der Waals surface area contributed by atoms with E-state index in [0.717, 1.165) is 24.3 Å². The maximum Gasteiger partial charge on any atom is 0.347 e. The summed E-state index contributed by atoms with van der Waals surface area (Å²) >= 11 is 0.959. The van der Waals surface area contributed by atoms with Gasteiger partial charge < -0.3 is 10.4 Å². The number of nitrogens with zero attached hydrogens (tertiary/aromatic N) is 1. The van der Waals surface area contributed by atoms with Crippen molar-refractivity contribution >= 4 is 27.3 Å². The minimum Gasteiger partial charge on any atom is -0.477 e. The molecule has 19 heavy (non-hydrogen) atoms. The van der Waals surface area contributed by atoms with Crippen LogP contribution in [-0.2, 0) is 10.0 Å². The van der Waals surface area contributed by atoms with Crippen LogP contribution in [0.2, 0.25) is 0 Å². The van der Waals surface area contributed by atoms with E-state index in [1.807, 2.05) is 0 Å². The molecule has 1 saturated heterocycles. The highest BCUT2D eigenvalue weighted by atomic mass is 32.2. The molecule has 0 aromatic carbocycles. The molecule has 6 nitrogen and oxygen atoms in total. The first-order chi connectivity index (χ1) is 8.94. The van der Waals surface area contributed by atoms with Crippen molar-refractivity contribution in [1.82, 2.24) is 9.62 Å². The van der Waals surface area contributed by atoms with Crippen molar-refractivity contribution in [2.75, 3.05) is 26.2 Å². The lowest BCUT2D eigenvalue weighted by molar-refractivity contribution is 0.0698. The zero-order valence-electron chi connectivity index (χ0n) is 10.5. The standard InChI is InChI=1S/C11H16N2O4S2/c1-8-7-18-9(11(14)15)10(8)19(16,17)13-5-2-3-12-4-6-13/h7,12H,2-6H2,1H3,(H,14,15). The molecule has 0 amide bonds. The van der Waals surface area contributed by atoms with Crippen molar-refractivity contribution in [1.29, 1.82) is 0 Å². The van der Waals surface area contributed by atoms with Crippen LogP contribution in [0.15, 0.2) is 10.3 Å². The number of sulfonamides is 1. The highest BCUT2D eigenvalue weighted by Gasteiger charge is 2.32. The first-order valence-electron chi connectivity index (χ1n) is 5.97. The van der Waals surface area contributed by atoms with Crippen LogP contribution in [0.25, 0.3) is 0 Å². The average Bonchev–Trinajstić information content (AvgIpc) is 2.58. The molecule has 106 valence electrons. The normalized spacial score (nSPS) is 18.2. The highest BCUT2D eigenvalue weighted by Crippen LogP contribution is 2.29. The zero-order valence-corrected chi connectivity index (χ0v) is 12.2. The Bertz CT molecular complexity index is 572. The zero-order chi connectivity index (χ0) is 14.0. The Morgan fingerprint density at radius 3 is 2.84 bits per heavy atom. The third-order valence-corrected chi connectivity index (χ3v) is 6.31. The van der Waals surface area contributed by atoms with E-state index in [1.54, 1.807) is 12.3 Å². The number of rotatable bonds is 3. The molecule has 0 unspecified atom stereocenters. The summed E-state index contributed by atoms with van der Waals surface area (Å²) in [4.78, 5) is 11.0. The predicted octanol–water partition coefficient (Wildman–Crippen LogP) is 0.739. The van der Waals surface area contributed by atoms with Crippen molar-refractivity contribution in [3.05, 3.63) is 15.8 Å². The summed E-state index contributed by atoms with van der Waals surface area (Å²) < 4.78 is 26.5. The Morgan fingerprint density at radius 1 is 1.42 bits per heavy atom. The summed E-state index contributed by atoms with van der Waals surface area (Å²) in [6.45, 7) is 3.79. The van der Waals surface area contributed by atoms with Crippen LogP contribution < -0.4 is 5.32 Å². The van der Waals surface area contributed by atoms with E-state index in [2.05, 4.69) is 5.32 Å². The Labute approximate surface area is 116 Å². The summed E-state index contributed by atoms with van der Waals surface area (Å²) in [6, 6.07) is 0. The van der Waals surface area contributed by atoms with Crippen LogP contribution in [0, 0.1) is 6.92 Å². The van der Waals surface area contributed by atoms with Gasteiger partial charge in [-0.25, -0.2) is 13.2 Å². The molecular weight excluding hydrogens is 288 g/mol. The molecule has 1 aromatic rings. The second-order valence-electron chi connectivity index (χ2n) is 4.39. The summed E-state index contributed by atoms with van der Waals surface area (Å²) in [5, 5.41) is 13.8. The van der Waals surface area contributed by atoms with Crippen LogP contribution >= 0.6 is 11.3 Å². The van der Waals surface area contributed by atoms with Crippen LogP contribution in [0.5, 0.6) is 0 Å². The van der Waals surface area contributed by atoms with Gasteiger partial charge in [0.05, 0.1) is 0 Å². The summed E-state index contributed by atoms with van der Waals surface area (Å²) in [5.74, 6) is -1.19. The maximum absolute atomic E-state index is 12.6. The van der Waals surface area contributed by atoms with Gasteiger partial charge in [-0.15, -0.1) is 11.3 Å². The van der Waals surface area contributed by atoms with Gasteiger partial charge in [-0.2, -0.15) is 4.31 Å². The number of nitrogens with one attached hydrogen (secondary N) is 1. The SMILES string of the molecule is Cc1csc(C(=O)O)c1S(=O)(=O)N1CCCNCC1. The summed E-state index contributed by atoms with van der Waals surface area (Å²) in [6.07, 6.45) is 0.727. The lowest BCUT2D eigenvalue weighted by Gasteiger charge is -2.20. The van der Waals surface area contributed by atoms with Crippen LogP contribution in [0.3, 0.4) is 0 Å². The quantitative estimate of drug-likeness (QED) is 0.860. The van der Waals surface area contributed by atoms with Gasteiger partial charge in [-0.05, 0) is 30.8 Å². The molecule has 2 rings (SSSR count). The first-order valence-corrected chi connectivity index (χ1v) is 8.29. The number of carbonyl (C=O) groups is 1. The van der Waals surface area contributed by atoms with Crippen LogP contribution in [0.4, 0.5) is 0 Å². The summed E-state index contributed by atoms with van der Waals surface area (Å²) in [7, 11) is -3.73. The molecule has 0 aliphatic carbocycles. The molecule has 2 N–H and O–H groups in total. The molecule has 0 radical (unpaired) electrons. The first kappa shape index (κ1) is 14.4. The lowest BCUT2D eigenvalue weighted by atomic mass is 10.3. The Kier molecular flexibility index (Phi) is 4.24. The molecule has 8 heteroatoms. The molecular formula is C11H16N2O4S2. The van der Waals surface area contributed by atoms with E-state index in [1.165, 1.54) is 4.31 Å². The maximum atomic E-state index is 12.6. The highest BCUT2D eigenvalue weighted by molar-refractivity contribution is 7.89. The van der Waals surface area contributed by atoms with Crippen molar-refractivity contribution < 1.29 is 18.3 Å². The second-order valence-corrected chi connectivity index (χ2v) is 7.14.